The van der Waals surface area contributed by atoms with Crippen molar-refractivity contribution in [1.29, 1.82) is 0 Å². The average molecular weight is 320 g/mol. The third-order valence-corrected chi connectivity index (χ3v) is 4.32. The van der Waals surface area contributed by atoms with Crippen molar-refractivity contribution in [2.75, 3.05) is 6.54 Å². The molecule has 22 heavy (non-hydrogen) atoms. The molecule has 1 aromatic carbocycles. The molecule has 0 bridgehead atoms. The molecule has 0 saturated heterocycles. The van der Waals surface area contributed by atoms with Crippen molar-refractivity contribution in [3.8, 4) is 0 Å². The third kappa shape index (κ3) is 4.12. The first-order valence-corrected chi connectivity index (χ1v) is 7.53. The maximum absolute atomic E-state index is 11.9. The van der Waals surface area contributed by atoms with Crippen LogP contribution < -0.4 is 5.32 Å². The summed E-state index contributed by atoms with van der Waals surface area (Å²) >= 11 is 1.42. The van der Waals surface area contributed by atoms with Crippen LogP contribution >= 0.6 is 11.3 Å². The quantitative estimate of drug-likeness (QED) is 0.630. The maximum Gasteiger partial charge on any atom is 0.269 e. The summed E-state index contributed by atoms with van der Waals surface area (Å²) in [6.45, 7) is 1.75. The average Bonchev–Trinajstić information content (AvgIpc) is 3.01. The number of aliphatic hydroxyl groups is 1. The molecule has 1 aromatic heterocycles. The van der Waals surface area contributed by atoms with Gasteiger partial charge in [0.25, 0.3) is 5.69 Å². The highest BCUT2D eigenvalue weighted by atomic mass is 32.1. The second-order valence-electron chi connectivity index (χ2n) is 5.13. The lowest BCUT2D eigenvalue weighted by Gasteiger charge is -2.22. The van der Waals surface area contributed by atoms with Gasteiger partial charge in [0, 0.05) is 17.0 Å². The molecule has 0 radical (unpaired) electrons. The monoisotopic (exact) mass is 320 g/mol. The number of carbonyl (C=O) groups excluding carboxylic acids is 1. The van der Waals surface area contributed by atoms with E-state index in [0.29, 0.717) is 5.56 Å². The number of hydrogen-bond acceptors (Lipinski definition) is 5. The van der Waals surface area contributed by atoms with E-state index in [1.165, 1.54) is 23.5 Å². The predicted molar refractivity (Wildman–Crippen MR) is 83.7 cm³/mol. The van der Waals surface area contributed by atoms with Crippen molar-refractivity contribution in [2.24, 2.45) is 0 Å². The molecule has 0 aliphatic heterocycles. The predicted octanol–water partition coefficient (Wildman–Crippen LogP) is 2.22. The first-order valence-electron chi connectivity index (χ1n) is 6.65. The number of benzene rings is 1. The van der Waals surface area contributed by atoms with E-state index in [0.717, 1.165) is 4.88 Å². The molecule has 0 saturated carbocycles. The van der Waals surface area contributed by atoms with Crippen LogP contribution in [0.4, 0.5) is 5.69 Å². The summed E-state index contributed by atoms with van der Waals surface area (Å²) in [7, 11) is 0. The Kier molecular flexibility index (Phi) is 4.89. The van der Waals surface area contributed by atoms with Gasteiger partial charge >= 0.3 is 0 Å². The van der Waals surface area contributed by atoms with Gasteiger partial charge in [-0.25, -0.2) is 0 Å². The number of amides is 1. The fraction of sp³-hybridized carbons (Fsp3) is 0.267. The topological polar surface area (TPSA) is 92.5 Å². The van der Waals surface area contributed by atoms with Gasteiger partial charge in [-0.3, -0.25) is 14.9 Å². The molecule has 0 fully saturated rings. The molecule has 1 unspecified atom stereocenters. The van der Waals surface area contributed by atoms with Crippen LogP contribution in [0.15, 0.2) is 41.8 Å². The van der Waals surface area contributed by atoms with Gasteiger partial charge in [-0.2, -0.15) is 0 Å². The number of non-ortho nitro benzene ring substituents is 1. The van der Waals surface area contributed by atoms with Crippen molar-refractivity contribution in [3.63, 3.8) is 0 Å². The Labute approximate surface area is 131 Å². The van der Waals surface area contributed by atoms with Crippen LogP contribution in [0.2, 0.25) is 0 Å². The zero-order chi connectivity index (χ0) is 16.2. The molecular weight excluding hydrogens is 304 g/mol. The number of nitro groups is 1. The number of carbonyl (C=O) groups is 1. The number of nitrogens with one attached hydrogen (secondary N) is 1. The summed E-state index contributed by atoms with van der Waals surface area (Å²) < 4.78 is 0. The molecule has 2 N–H and O–H groups in total. The molecule has 116 valence electrons. The van der Waals surface area contributed by atoms with Gasteiger partial charge < -0.3 is 10.4 Å². The van der Waals surface area contributed by atoms with Crippen LogP contribution in [0, 0.1) is 10.1 Å². The fourth-order valence-corrected chi connectivity index (χ4v) is 2.71. The Morgan fingerprint density at radius 1 is 1.36 bits per heavy atom. The Morgan fingerprint density at radius 2 is 2.05 bits per heavy atom. The minimum Gasteiger partial charge on any atom is -0.383 e. The molecule has 1 amide bonds. The molecule has 1 heterocycles. The van der Waals surface area contributed by atoms with Crippen LogP contribution in [-0.2, 0) is 16.8 Å². The minimum absolute atomic E-state index is 0.00946. The third-order valence-electron chi connectivity index (χ3n) is 3.19. The minimum atomic E-state index is -1.11. The zero-order valence-electron chi connectivity index (χ0n) is 12.0. The van der Waals surface area contributed by atoms with E-state index < -0.39 is 10.5 Å². The molecule has 0 aliphatic rings. The van der Waals surface area contributed by atoms with Crippen LogP contribution in [0.1, 0.15) is 17.4 Å². The van der Waals surface area contributed by atoms with E-state index in [-0.39, 0.29) is 24.6 Å². The van der Waals surface area contributed by atoms with E-state index in [9.17, 15) is 20.0 Å². The number of nitrogens with zero attached hydrogens (tertiary/aromatic N) is 1. The van der Waals surface area contributed by atoms with Gasteiger partial charge in [-0.05, 0) is 23.9 Å². The Morgan fingerprint density at radius 3 is 2.59 bits per heavy atom. The first kappa shape index (κ1) is 16.1. The first-order chi connectivity index (χ1) is 10.4. The van der Waals surface area contributed by atoms with Crippen LogP contribution in [-0.4, -0.2) is 22.5 Å². The Bertz CT molecular complexity index is 651. The lowest BCUT2D eigenvalue weighted by Crippen LogP contribution is -2.38. The van der Waals surface area contributed by atoms with Gasteiger partial charge in [0.15, 0.2) is 0 Å². The van der Waals surface area contributed by atoms with Gasteiger partial charge in [0.1, 0.15) is 5.60 Å². The van der Waals surface area contributed by atoms with Crippen molar-refractivity contribution in [3.05, 3.63) is 62.3 Å². The van der Waals surface area contributed by atoms with E-state index in [1.807, 2.05) is 17.5 Å². The summed E-state index contributed by atoms with van der Waals surface area (Å²) in [4.78, 5) is 22.8. The molecule has 0 aliphatic carbocycles. The van der Waals surface area contributed by atoms with Gasteiger partial charge in [-0.1, -0.05) is 18.2 Å². The van der Waals surface area contributed by atoms with Crippen molar-refractivity contribution < 1.29 is 14.8 Å². The summed E-state index contributed by atoms with van der Waals surface area (Å²) in [6, 6.07) is 9.49. The molecule has 2 rings (SSSR count). The summed E-state index contributed by atoms with van der Waals surface area (Å²) in [6.07, 6.45) is 0.110. The molecule has 0 spiro atoms. The SMILES string of the molecule is CC(O)(CNC(=O)Cc1ccc([N+](=O)[O-])cc1)c1cccs1. The lowest BCUT2D eigenvalue weighted by atomic mass is 10.0. The summed E-state index contributed by atoms with van der Waals surface area (Å²) in [5.41, 5.74) is -0.442. The van der Waals surface area contributed by atoms with Crippen molar-refractivity contribution >= 4 is 22.9 Å². The molecule has 2 aromatic rings. The van der Waals surface area contributed by atoms with Gasteiger partial charge in [0.2, 0.25) is 5.91 Å². The lowest BCUT2D eigenvalue weighted by molar-refractivity contribution is -0.384. The normalized spacial score (nSPS) is 13.4. The fourth-order valence-electron chi connectivity index (χ4n) is 1.93. The Balaban J connectivity index is 1.89. The van der Waals surface area contributed by atoms with E-state index >= 15 is 0 Å². The Hall–Kier alpha value is -2.25. The second-order valence-corrected chi connectivity index (χ2v) is 6.08. The van der Waals surface area contributed by atoms with Crippen LogP contribution in [0.3, 0.4) is 0 Å². The highest BCUT2D eigenvalue weighted by Gasteiger charge is 2.24. The zero-order valence-corrected chi connectivity index (χ0v) is 12.8. The van der Waals surface area contributed by atoms with Gasteiger partial charge in [-0.15, -0.1) is 11.3 Å². The number of rotatable bonds is 6. The smallest absolute Gasteiger partial charge is 0.269 e. The molecule has 1 atom stereocenters. The van der Waals surface area contributed by atoms with Crippen LogP contribution in [0.5, 0.6) is 0 Å². The number of nitro benzene ring substituents is 1. The van der Waals surface area contributed by atoms with Gasteiger partial charge in [0.05, 0.1) is 17.9 Å². The number of thiophene rings is 1. The second kappa shape index (κ2) is 6.67. The highest BCUT2D eigenvalue weighted by molar-refractivity contribution is 7.10. The van der Waals surface area contributed by atoms with Crippen molar-refractivity contribution in [1.82, 2.24) is 5.32 Å². The van der Waals surface area contributed by atoms with E-state index in [1.54, 1.807) is 19.1 Å². The molecule has 6 nitrogen and oxygen atoms in total. The van der Waals surface area contributed by atoms with Crippen LogP contribution in [0.25, 0.3) is 0 Å². The highest BCUT2D eigenvalue weighted by Crippen LogP contribution is 2.24. The largest absolute Gasteiger partial charge is 0.383 e. The van der Waals surface area contributed by atoms with E-state index in [4.69, 9.17) is 0 Å². The molecular formula is C15H16N2O4S. The summed E-state index contributed by atoms with van der Waals surface area (Å²) in [5, 5.41) is 25.4. The van der Waals surface area contributed by atoms with E-state index in [2.05, 4.69) is 5.32 Å². The maximum atomic E-state index is 11.9. The number of hydrogen-bond donors (Lipinski definition) is 2. The molecule has 7 heteroatoms. The standard InChI is InChI=1S/C15H16N2O4S/c1-15(19,13-3-2-8-22-13)10-16-14(18)9-11-4-6-12(7-5-11)17(20)21/h2-8,19H,9-10H2,1H3,(H,16,18). The summed E-state index contributed by atoms with van der Waals surface area (Å²) in [5.74, 6) is -0.245. The van der Waals surface area contributed by atoms with Crippen molar-refractivity contribution in [2.45, 2.75) is 18.9 Å².